The Hall–Kier alpha value is -0.915. The molecule has 0 heterocycles. The van der Waals surface area contributed by atoms with Crippen molar-refractivity contribution in [1.82, 2.24) is 0 Å². The molecule has 6 heteroatoms. The minimum Gasteiger partial charge on any atom is -0.356 e. The molecule has 0 saturated carbocycles. The van der Waals surface area contributed by atoms with Crippen molar-refractivity contribution in [2.75, 3.05) is 5.32 Å². The van der Waals surface area contributed by atoms with Gasteiger partial charge in [-0.25, -0.2) is 13.6 Å². The van der Waals surface area contributed by atoms with Gasteiger partial charge in [-0.1, -0.05) is 18.2 Å². The maximum absolute atomic E-state index is 11.1. The molecule has 0 saturated heterocycles. The van der Waals surface area contributed by atoms with Gasteiger partial charge in [0, 0.05) is 39.0 Å². The van der Waals surface area contributed by atoms with E-state index in [1.54, 1.807) is 12.1 Å². The smallest absolute Gasteiger partial charge is 0.238 e. The van der Waals surface area contributed by atoms with E-state index in [2.05, 4.69) is 5.32 Å². The first-order valence-electron chi connectivity index (χ1n) is 5.01. The fourth-order valence-electron chi connectivity index (χ4n) is 1.42. The third kappa shape index (κ3) is 4.08. The van der Waals surface area contributed by atoms with Crippen LogP contribution in [0, 0.1) is 0 Å². The van der Waals surface area contributed by atoms with Crippen molar-refractivity contribution in [1.29, 1.82) is 0 Å². The quantitative estimate of drug-likeness (QED) is 0.706. The molecule has 3 N–H and O–H groups in total. The molecule has 0 aliphatic heterocycles. The van der Waals surface area contributed by atoms with Crippen LogP contribution in [-0.4, -0.2) is 8.42 Å². The fourth-order valence-corrected chi connectivity index (χ4v) is 1.93. The standard InChI is InChI=1S/C12H12N2O2S.Hg/c13-17(15,16)12-8-6-11(7-9-12)14-10-4-2-1-3-5-10;/h1-9,14H,(H2,13,15,16);. The molecule has 18 heavy (non-hydrogen) atoms. The molecule has 4 nitrogen and oxygen atoms in total. The molecular weight excluding hydrogens is 437 g/mol. The molecule has 2 rings (SSSR count). The van der Waals surface area contributed by atoms with Crippen LogP contribution in [0.25, 0.3) is 0 Å². The summed E-state index contributed by atoms with van der Waals surface area (Å²) >= 11 is 0. The van der Waals surface area contributed by atoms with E-state index in [0.29, 0.717) is 0 Å². The Morgan fingerprint density at radius 2 is 1.33 bits per heavy atom. The van der Waals surface area contributed by atoms with Crippen LogP contribution in [0.5, 0.6) is 0 Å². The van der Waals surface area contributed by atoms with Gasteiger partial charge in [0.1, 0.15) is 0 Å². The van der Waals surface area contributed by atoms with Gasteiger partial charge in [-0.05, 0) is 36.4 Å². The molecule has 2 aromatic rings. The Morgan fingerprint density at radius 1 is 0.833 bits per heavy atom. The minimum atomic E-state index is -3.62. The summed E-state index contributed by atoms with van der Waals surface area (Å²) in [7, 11) is -3.62. The monoisotopic (exact) mass is 450 g/mol. The van der Waals surface area contributed by atoms with Crippen LogP contribution < -0.4 is 10.5 Å². The molecule has 0 aromatic heterocycles. The van der Waals surface area contributed by atoms with Crippen molar-refractivity contribution in [2.24, 2.45) is 5.14 Å². The van der Waals surface area contributed by atoms with Crippen LogP contribution in [0.4, 0.5) is 11.4 Å². The molecule has 0 fully saturated rings. The van der Waals surface area contributed by atoms with Crippen LogP contribution >= 0.6 is 0 Å². The molecule has 0 aliphatic rings. The Kier molecular flexibility index (Phi) is 5.31. The van der Waals surface area contributed by atoms with Crippen molar-refractivity contribution >= 4 is 21.4 Å². The second-order valence-corrected chi connectivity index (χ2v) is 5.12. The molecule has 0 radical (unpaired) electrons. The number of nitrogens with two attached hydrogens (primary N) is 1. The summed E-state index contributed by atoms with van der Waals surface area (Å²) in [5.74, 6) is 0. The first-order valence-corrected chi connectivity index (χ1v) is 6.55. The van der Waals surface area contributed by atoms with Crippen molar-refractivity contribution in [3.63, 3.8) is 0 Å². The first kappa shape index (κ1) is 15.1. The zero-order valence-electron chi connectivity index (χ0n) is 9.71. The number of hydrogen-bond donors (Lipinski definition) is 2. The van der Waals surface area contributed by atoms with E-state index in [1.165, 1.54) is 12.1 Å². The van der Waals surface area contributed by atoms with Gasteiger partial charge in [0.2, 0.25) is 10.0 Å². The third-order valence-electron chi connectivity index (χ3n) is 2.25. The molecule has 0 amide bonds. The Morgan fingerprint density at radius 3 is 1.83 bits per heavy atom. The van der Waals surface area contributed by atoms with Gasteiger partial charge in [0.05, 0.1) is 4.90 Å². The summed E-state index contributed by atoms with van der Waals surface area (Å²) in [6.45, 7) is 0. The maximum Gasteiger partial charge on any atom is 0.238 e. The SMILES string of the molecule is NS(=O)(=O)c1ccc(Nc2ccccc2)cc1.[Hg]. The number of benzene rings is 2. The maximum atomic E-state index is 11.1. The summed E-state index contributed by atoms with van der Waals surface area (Å²) in [6.07, 6.45) is 0. The third-order valence-corrected chi connectivity index (χ3v) is 3.17. The van der Waals surface area contributed by atoms with Gasteiger partial charge in [-0.2, -0.15) is 0 Å². The second-order valence-electron chi connectivity index (χ2n) is 3.56. The zero-order chi connectivity index (χ0) is 12.3. The van der Waals surface area contributed by atoms with Crippen LogP contribution in [0.1, 0.15) is 0 Å². The predicted molar refractivity (Wildman–Crippen MR) is 67.5 cm³/mol. The molecule has 0 aliphatic carbocycles. The average Bonchev–Trinajstić information content (AvgIpc) is 2.30. The van der Waals surface area contributed by atoms with Gasteiger partial charge in [0.15, 0.2) is 0 Å². The summed E-state index contributed by atoms with van der Waals surface area (Å²) < 4.78 is 22.1. The minimum absolute atomic E-state index is 0. The van der Waals surface area contributed by atoms with Crippen molar-refractivity contribution in [2.45, 2.75) is 4.90 Å². The largest absolute Gasteiger partial charge is 0.356 e. The topological polar surface area (TPSA) is 72.2 Å². The first-order chi connectivity index (χ1) is 8.05. The van der Waals surface area contributed by atoms with Crippen molar-refractivity contribution < 1.29 is 36.1 Å². The molecule has 90 valence electrons. The molecule has 0 bridgehead atoms. The number of sulfonamides is 1. The molecule has 2 aromatic carbocycles. The van der Waals surface area contributed by atoms with Gasteiger partial charge in [-0.3, -0.25) is 0 Å². The van der Waals surface area contributed by atoms with E-state index in [9.17, 15) is 8.42 Å². The van der Waals surface area contributed by atoms with Gasteiger partial charge < -0.3 is 5.32 Å². The molecule has 0 atom stereocenters. The predicted octanol–water partition coefficient (Wildman–Crippen LogP) is 2.08. The number of hydrogen-bond acceptors (Lipinski definition) is 3. The van der Waals surface area contributed by atoms with E-state index in [4.69, 9.17) is 5.14 Å². The Balaban J connectivity index is 0.00000162. The second kappa shape index (κ2) is 6.31. The molecule has 0 unspecified atom stereocenters. The van der Waals surface area contributed by atoms with Crippen LogP contribution in [0.3, 0.4) is 0 Å². The van der Waals surface area contributed by atoms with E-state index < -0.39 is 10.0 Å². The van der Waals surface area contributed by atoms with E-state index >= 15 is 0 Å². The zero-order valence-corrected chi connectivity index (χ0v) is 16.0. The van der Waals surface area contributed by atoms with E-state index in [0.717, 1.165) is 11.4 Å². The summed E-state index contributed by atoms with van der Waals surface area (Å²) in [4.78, 5) is 0.108. The Labute approximate surface area is 127 Å². The van der Waals surface area contributed by atoms with E-state index in [-0.39, 0.29) is 32.6 Å². The molecule has 0 spiro atoms. The average molecular weight is 449 g/mol. The number of primary sulfonamides is 1. The van der Waals surface area contributed by atoms with Crippen LogP contribution in [-0.2, 0) is 37.7 Å². The van der Waals surface area contributed by atoms with E-state index in [1.807, 2.05) is 30.3 Å². The fraction of sp³-hybridized carbons (Fsp3) is 0. The molecular formula is C12H12HgN2O2S. The Bertz CT molecular complexity index is 598. The normalized spacial score (nSPS) is 10.5. The number of anilines is 2. The van der Waals surface area contributed by atoms with Crippen LogP contribution in [0.15, 0.2) is 59.5 Å². The van der Waals surface area contributed by atoms with Gasteiger partial charge >= 0.3 is 0 Å². The van der Waals surface area contributed by atoms with Gasteiger partial charge in [0.25, 0.3) is 0 Å². The summed E-state index contributed by atoms with van der Waals surface area (Å²) in [5.41, 5.74) is 1.75. The summed E-state index contributed by atoms with van der Waals surface area (Å²) in [5, 5.41) is 8.16. The number of rotatable bonds is 3. The summed E-state index contributed by atoms with van der Waals surface area (Å²) in [6, 6.07) is 15.9. The van der Waals surface area contributed by atoms with Crippen LogP contribution in [0.2, 0.25) is 0 Å². The number of nitrogens with one attached hydrogen (secondary N) is 1. The van der Waals surface area contributed by atoms with Crippen molar-refractivity contribution in [3.8, 4) is 0 Å². The number of para-hydroxylation sites is 1. The van der Waals surface area contributed by atoms with Crippen molar-refractivity contribution in [3.05, 3.63) is 54.6 Å². The van der Waals surface area contributed by atoms with Gasteiger partial charge in [-0.15, -0.1) is 0 Å².